The molecule has 1 aromatic heterocycles. The van der Waals surface area contributed by atoms with Gasteiger partial charge in [0, 0.05) is 6.54 Å². The molecular formula is C10H16N4O3. The lowest BCUT2D eigenvalue weighted by molar-refractivity contribution is -0.137. The molecule has 0 atom stereocenters. The SMILES string of the molecule is Cc1n[nH]c(C)c1NC(=O)CNCCC(=O)O. The molecule has 1 heterocycles. The Kier molecular flexibility index (Phi) is 4.65. The summed E-state index contributed by atoms with van der Waals surface area (Å²) in [6.45, 7) is 3.95. The number of hydrogen-bond donors (Lipinski definition) is 4. The second kappa shape index (κ2) is 6.00. The molecule has 94 valence electrons. The van der Waals surface area contributed by atoms with Crippen molar-refractivity contribution in [3.8, 4) is 0 Å². The predicted octanol–water partition coefficient (Wildman–Crippen LogP) is 0.0293. The molecule has 0 saturated heterocycles. The van der Waals surface area contributed by atoms with Gasteiger partial charge in [-0.3, -0.25) is 14.7 Å². The summed E-state index contributed by atoms with van der Waals surface area (Å²) in [5.74, 6) is -1.11. The zero-order chi connectivity index (χ0) is 12.8. The van der Waals surface area contributed by atoms with Crippen LogP contribution < -0.4 is 10.6 Å². The number of aliphatic carboxylic acids is 1. The highest BCUT2D eigenvalue weighted by Gasteiger charge is 2.09. The van der Waals surface area contributed by atoms with Gasteiger partial charge in [0.2, 0.25) is 5.91 Å². The third-order valence-electron chi connectivity index (χ3n) is 2.19. The summed E-state index contributed by atoms with van der Waals surface area (Å²) < 4.78 is 0. The van der Waals surface area contributed by atoms with Crippen LogP contribution in [0.5, 0.6) is 0 Å². The number of nitrogens with zero attached hydrogens (tertiary/aromatic N) is 1. The molecule has 0 spiro atoms. The van der Waals surface area contributed by atoms with Gasteiger partial charge in [-0.2, -0.15) is 5.10 Å². The molecule has 0 radical (unpaired) electrons. The van der Waals surface area contributed by atoms with Gasteiger partial charge in [0.25, 0.3) is 0 Å². The van der Waals surface area contributed by atoms with Crippen molar-refractivity contribution in [2.45, 2.75) is 20.3 Å². The maximum Gasteiger partial charge on any atom is 0.304 e. The Labute approximate surface area is 98.6 Å². The van der Waals surface area contributed by atoms with Crippen molar-refractivity contribution in [1.82, 2.24) is 15.5 Å². The largest absolute Gasteiger partial charge is 0.481 e. The van der Waals surface area contributed by atoms with Crippen LogP contribution in [0.3, 0.4) is 0 Å². The Bertz CT molecular complexity index is 394. The number of H-pyrrole nitrogens is 1. The smallest absolute Gasteiger partial charge is 0.304 e. The van der Waals surface area contributed by atoms with E-state index in [-0.39, 0.29) is 25.4 Å². The number of rotatable bonds is 6. The minimum atomic E-state index is -0.889. The molecule has 1 amide bonds. The Balaban J connectivity index is 2.33. The predicted molar refractivity (Wildman–Crippen MR) is 61.8 cm³/mol. The number of hydrogen-bond acceptors (Lipinski definition) is 4. The first-order valence-corrected chi connectivity index (χ1v) is 5.24. The number of carboxylic acid groups (broad SMARTS) is 1. The second-order valence-corrected chi connectivity index (χ2v) is 3.68. The molecule has 0 aliphatic heterocycles. The van der Waals surface area contributed by atoms with Gasteiger partial charge in [0.05, 0.1) is 30.0 Å². The maximum absolute atomic E-state index is 11.5. The molecule has 4 N–H and O–H groups in total. The summed E-state index contributed by atoms with van der Waals surface area (Å²) in [4.78, 5) is 21.7. The Hall–Kier alpha value is -1.89. The quantitative estimate of drug-likeness (QED) is 0.525. The Morgan fingerprint density at radius 3 is 2.65 bits per heavy atom. The molecule has 0 aliphatic carbocycles. The molecule has 0 aliphatic rings. The number of amides is 1. The molecule has 1 aromatic rings. The number of aryl methyl sites for hydroxylation is 2. The van der Waals surface area contributed by atoms with Crippen molar-refractivity contribution in [1.29, 1.82) is 0 Å². The van der Waals surface area contributed by atoms with Gasteiger partial charge in [-0.05, 0) is 13.8 Å². The molecule has 0 unspecified atom stereocenters. The minimum absolute atomic E-state index is 0.00293. The molecule has 1 rings (SSSR count). The monoisotopic (exact) mass is 240 g/mol. The van der Waals surface area contributed by atoms with E-state index in [0.717, 1.165) is 11.4 Å². The fraction of sp³-hybridized carbons (Fsp3) is 0.500. The van der Waals surface area contributed by atoms with E-state index in [0.29, 0.717) is 5.69 Å². The summed E-state index contributed by atoms with van der Waals surface area (Å²) in [6.07, 6.45) is -0.00293. The van der Waals surface area contributed by atoms with Crippen molar-refractivity contribution in [2.75, 3.05) is 18.4 Å². The van der Waals surface area contributed by atoms with Crippen molar-refractivity contribution < 1.29 is 14.7 Å². The number of carbonyl (C=O) groups excluding carboxylic acids is 1. The lowest BCUT2D eigenvalue weighted by Gasteiger charge is -2.05. The van der Waals surface area contributed by atoms with E-state index in [9.17, 15) is 9.59 Å². The van der Waals surface area contributed by atoms with E-state index in [1.165, 1.54) is 0 Å². The fourth-order valence-electron chi connectivity index (χ4n) is 1.32. The van der Waals surface area contributed by atoms with Crippen molar-refractivity contribution in [3.05, 3.63) is 11.4 Å². The highest BCUT2D eigenvalue weighted by atomic mass is 16.4. The Morgan fingerprint density at radius 2 is 2.12 bits per heavy atom. The second-order valence-electron chi connectivity index (χ2n) is 3.68. The molecule has 7 nitrogen and oxygen atoms in total. The first kappa shape index (κ1) is 13.2. The topological polar surface area (TPSA) is 107 Å². The molecule has 0 aromatic carbocycles. The van der Waals surface area contributed by atoms with Crippen LogP contribution in [-0.4, -0.2) is 40.3 Å². The van der Waals surface area contributed by atoms with E-state index in [2.05, 4.69) is 20.8 Å². The molecular weight excluding hydrogens is 224 g/mol. The van der Waals surface area contributed by atoms with Crippen LogP contribution in [0.1, 0.15) is 17.8 Å². The number of carbonyl (C=O) groups is 2. The van der Waals surface area contributed by atoms with E-state index in [4.69, 9.17) is 5.11 Å². The van der Waals surface area contributed by atoms with Crippen LogP contribution in [0.2, 0.25) is 0 Å². The molecule has 0 fully saturated rings. The van der Waals surface area contributed by atoms with Crippen LogP contribution in [-0.2, 0) is 9.59 Å². The van der Waals surface area contributed by atoms with Gasteiger partial charge < -0.3 is 15.7 Å². The van der Waals surface area contributed by atoms with Crippen molar-refractivity contribution in [3.63, 3.8) is 0 Å². The highest BCUT2D eigenvalue weighted by Crippen LogP contribution is 2.15. The van der Waals surface area contributed by atoms with Gasteiger partial charge in [0.15, 0.2) is 0 Å². The Morgan fingerprint density at radius 1 is 1.41 bits per heavy atom. The fourth-order valence-corrected chi connectivity index (χ4v) is 1.32. The third kappa shape index (κ3) is 4.23. The minimum Gasteiger partial charge on any atom is -0.481 e. The molecule has 0 bridgehead atoms. The zero-order valence-corrected chi connectivity index (χ0v) is 9.83. The lowest BCUT2D eigenvalue weighted by atomic mass is 10.3. The lowest BCUT2D eigenvalue weighted by Crippen LogP contribution is -2.29. The van der Waals surface area contributed by atoms with Crippen LogP contribution in [0.15, 0.2) is 0 Å². The molecule has 7 heteroatoms. The number of carboxylic acids is 1. The van der Waals surface area contributed by atoms with E-state index < -0.39 is 5.97 Å². The average molecular weight is 240 g/mol. The van der Waals surface area contributed by atoms with Crippen LogP contribution in [0.25, 0.3) is 0 Å². The van der Waals surface area contributed by atoms with Crippen LogP contribution >= 0.6 is 0 Å². The number of nitrogens with one attached hydrogen (secondary N) is 3. The normalized spacial score (nSPS) is 10.2. The zero-order valence-electron chi connectivity index (χ0n) is 9.83. The summed E-state index contributed by atoms with van der Waals surface area (Å²) in [7, 11) is 0. The van der Waals surface area contributed by atoms with Gasteiger partial charge >= 0.3 is 5.97 Å². The van der Waals surface area contributed by atoms with Crippen LogP contribution in [0.4, 0.5) is 5.69 Å². The van der Waals surface area contributed by atoms with Crippen molar-refractivity contribution in [2.24, 2.45) is 0 Å². The molecule has 17 heavy (non-hydrogen) atoms. The van der Waals surface area contributed by atoms with Gasteiger partial charge in [-0.15, -0.1) is 0 Å². The standard InChI is InChI=1S/C10H16N4O3/c1-6-10(7(2)14-13-6)12-8(15)5-11-4-3-9(16)17/h11H,3-5H2,1-2H3,(H,12,15)(H,13,14)(H,16,17). The average Bonchev–Trinajstić information content (AvgIpc) is 2.56. The number of anilines is 1. The number of aromatic nitrogens is 2. The first-order valence-electron chi connectivity index (χ1n) is 5.24. The maximum atomic E-state index is 11.5. The summed E-state index contributed by atoms with van der Waals surface area (Å²) >= 11 is 0. The highest BCUT2D eigenvalue weighted by molar-refractivity contribution is 5.93. The van der Waals surface area contributed by atoms with E-state index >= 15 is 0 Å². The number of aromatic amines is 1. The summed E-state index contributed by atoms with van der Waals surface area (Å²) in [5, 5.41) is 20.6. The van der Waals surface area contributed by atoms with Gasteiger partial charge in [-0.25, -0.2) is 0 Å². The van der Waals surface area contributed by atoms with Gasteiger partial charge in [-0.1, -0.05) is 0 Å². The first-order chi connectivity index (χ1) is 8.00. The van der Waals surface area contributed by atoms with E-state index in [1.54, 1.807) is 6.92 Å². The molecule has 0 saturated carbocycles. The van der Waals surface area contributed by atoms with E-state index in [1.807, 2.05) is 6.92 Å². The third-order valence-corrected chi connectivity index (χ3v) is 2.19. The van der Waals surface area contributed by atoms with Gasteiger partial charge in [0.1, 0.15) is 0 Å². The van der Waals surface area contributed by atoms with Crippen molar-refractivity contribution >= 4 is 17.6 Å². The summed E-state index contributed by atoms with van der Waals surface area (Å²) in [6, 6.07) is 0. The van der Waals surface area contributed by atoms with Crippen LogP contribution in [0, 0.1) is 13.8 Å². The summed E-state index contributed by atoms with van der Waals surface area (Å²) in [5.41, 5.74) is 2.19.